The fraction of sp³-hybridized carbons (Fsp3) is 0.500. The number of benzene rings is 1. The topological polar surface area (TPSA) is 136 Å². The summed E-state index contributed by atoms with van der Waals surface area (Å²) in [6.07, 6.45) is 0. The zero-order valence-corrected chi connectivity index (χ0v) is 14.7. The molecule has 0 unspecified atom stereocenters. The Morgan fingerprint density at radius 3 is 2.76 bits per heavy atom. The fourth-order valence-corrected chi connectivity index (χ4v) is 7.52. The van der Waals surface area contributed by atoms with Crippen LogP contribution in [0.25, 0.3) is 0 Å². The number of rotatable bonds is 2. The molecule has 3 aliphatic rings. The Labute approximate surface area is 145 Å². The Kier molecular flexibility index (Phi) is 3.62. The molecule has 0 radical (unpaired) electrons. The molecule has 0 spiro atoms. The molecule has 2 fully saturated rings. The van der Waals surface area contributed by atoms with Crippen LogP contribution in [0.5, 0.6) is 5.75 Å². The van der Waals surface area contributed by atoms with Crippen LogP contribution in [-0.4, -0.2) is 63.8 Å². The summed E-state index contributed by atoms with van der Waals surface area (Å²) in [4.78, 5) is 11.4. The highest BCUT2D eigenvalue weighted by Gasteiger charge is 2.53. The van der Waals surface area contributed by atoms with Crippen molar-refractivity contribution in [2.75, 3.05) is 30.8 Å². The third-order valence-electron chi connectivity index (χ3n) is 4.93. The minimum atomic E-state index is -3.90. The number of carbonyl (C=O) groups is 1. The van der Waals surface area contributed by atoms with Gasteiger partial charge in [-0.2, -0.15) is 4.31 Å². The van der Waals surface area contributed by atoms with E-state index in [2.05, 4.69) is 5.32 Å². The van der Waals surface area contributed by atoms with Gasteiger partial charge < -0.3 is 15.8 Å². The number of carbonyl (C=O) groups excluding carboxylic acids is 1. The van der Waals surface area contributed by atoms with Gasteiger partial charge >= 0.3 is 0 Å². The monoisotopic (exact) mass is 387 g/mol. The van der Waals surface area contributed by atoms with Gasteiger partial charge in [-0.15, -0.1) is 0 Å². The summed E-state index contributed by atoms with van der Waals surface area (Å²) >= 11 is 0. The number of sulfonamides is 1. The molecule has 136 valence electrons. The summed E-state index contributed by atoms with van der Waals surface area (Å²) in [5.41, 5.74) is 6.16. The predicted octanol–water partition coefficient (Wildman–Crippen LogP) is -1.24. The molecular formula is C14H17N3O6S2. The van der Waals surface area contributed by atoms with Crippen molar-refractivity contribution >= 4 is 31.5 Å². The van der Waals surface area contributed by atoms with Crippen LogP contribution in [0, 0.1) is 5.92 Å². The van der Waals surface area contributed by atoms with Gasteiger partial charge in [-0.25, -0.2) is 16.8 Å². The van der Waals surface area contributed by atoms with E-state index >= 15 is 0 Å². The van der Waals surface area contributed by atoms with E-state index in [4.69, 9.17) is 10.5 Å². The number of amides is 1. The third-order valence-corrected chi connectivity index (χ3v) is 9.03. The van der Waals surface area contributed by atoms with E-state index in [1.54, 1.807) is 0 Å². The molecule has 0 saturated carbocycles. The number of hydrogen-bond acceptors (Lipinski definition) is 7. The third kappa shape index (κ3) is 2.62. The Balaban J connectivity index is 1.65. The quantitative estimate of drug-likeness (QED) is 0.648. The molecule has 3 heterocycles. The molecule has 9 nitrogen and oxygen atoms in total. The van der Waals surface area contributed by atoms with E-state index in [1.807, 2.05) is 0 Å². The van der Waals surface area contributed by atoms with Crippen molar-refractivity contribution in [3.05, 3.63) is 18.2 Å². The van der Waals surface area contributed by atoms with Crippen LogP contribution in [0.15, 0.2) is 23.1 Å². The number of sulfone groups is 1. The molecule has 1 aromatic rings. The first kappa shape index (κ1) is 16.8. The van der Waals surface area contributed by atoms with Gasteiger partial charge in [0.05, 0.1) is 21.6 Å². The second-order valence-electron chi connectivity index (χ2n) is 6.51. The summed E-state index contributed by atoms with van der Waals surface area (Å²) < 4.78 is 56.4. The second kappa shape index (κ2) is 5.40. The Bertz CT molecular complexity index is 959. The number of fused-ring (bicyclic) bond motifs is 2. The highest BCUT2D eigenvalue weighted by Crippen LogP contribution is 2.37. The van der Waals surface area contributed by atoms with Crippen molar-refractivity contribution in [3.63, 3.8) is 0 Å². The number of nitrogens with one attached hydrogen (secondary N) is 1. The van der Waals surface area contributed by atoms with Crippen LogP contribution in [0.2, 0.25) is 0 Å². The largest absolute Gasteiger partial charge is 0.482 e. The van der Waals surface area contributed by atoms with Crippen molar-refractivity contribution < 1.29 is 26.4 Å². The summed E-state index contributed by atoms with van der Waals surface area (Å²) in [6, 6.07) is 3.63. The van der Waals surface area contributed by atoms with Gasteiger partial charge in [-0.05, 0) is 18.2 Å². The van der Waals surface area contributed by atoms with Gasteiger partial charge in [0.1, 0.15) is 5.75 Å². The number of nitrogens with zero attached hydrogens (tertiary/aromatic N) is 1. The zero-order chi connectivity index (χ0) is 18.0. The summed E-state index contributed by atoms with van der Waals surface area (Å²) in [6.45, 7) is -0.138. The maximum atomic E-state index is 12.9. The minimum Gasteiger partial charge on any atom is -0.482 e. The lowest BCUT2D eigenvalue weighted by Crippen LogP contribution is -2.35. The van der Waals surface area contributed by atoms with Crippen LogP contribution >= 0.6 is 0 Å². The average Bonchev–Trinajstić information content (AvgIpc) is 3.08. The number of anilines is 1. The van der Waals surface area contributed by atoms with Crippen molar-refractivity contribution in [3.8, 4) is 5.75 Å². The van der Waals surface area contributed by atoms with Gasteiger partial charge in [-0.3, -0.25) is 4.79 Å². The van der Waals surface area contributed by atoms with E-state index in [1.165, 1.54) is 18.2 Å². The lowest BCUT2D eigenvalue weighted by molar-refractivity contribution is -0.118. The Hall–Kier alpha value is -1.69. The van der Waals surface area contributed by atoms with Crippen molar-refractivity contribution in [1.29, 1.82) is 0 Å². The number of hydrogen-bond donors (Lipinski definition) is 2. The average molecular weight is 387 g/mol. The molecule has 2 saturated heterocycles. The van der Waals surface area contributed by atoms with Crippen molar-refractivity contribution in [1.82, 2.24) is 4.31 Å². The van der Waals surface area contributed by atoms with Gasteiger partial charge in [-0.1, -0.05) is 0 Å². The Morgan fingerprint density at radius 1 is 1.28 bits per heavy atom. The molecule has 4 rings (SSSR count). The normalized spacial score (nSPS) is 31.1. The minimum absolute atomic E-state index is 0.0250. The molecule has 1 aromatic carbocycles. The van der Waals surface area contributed by atoms with Gasteiger partial charge in [0.15, 0.2) is 16.4 Å². The van der Waals surface area contributed by atoms with E-state index in [0.29, 0.717) is 5.75 Å². The first-order valence-electron chi connectivity index (χ1n) is 7.72. The summed E-state index contributed by atoms with van der Waals surface area (Å²) in [5, 5.41) is 1.81. The standard InChI is InChI=1S/C14H17N3O6S2/c15-10-7-24(19,20)13-5-17(4-9(10)13)25(21,22)8-1-2-12-11(3-8)16-14(18)6-23-12/h1-3,9-10,13H,4-7,15H2,(H,16,18)/t9-,10+,13-/m0/s1. The zero-order valence-electron chi connectivity index (χ0n) is 13.1. The maximum absolute atomic E-state index is 12.9. The van der Waals surface area contributed by atoms with Crippen LogP contribution in [0.4, 0.5) is 5.69 Å². The van der Waals surface area contributed by atoms with E-state index in [-0.39, 0.29) is 47.9 Å². The van der Waals surface area contributed by atoms with Crippen molar-refractivity contribution in [2.24, 2.45) is 11.7 Å². The van der Waals surface area contributed by atoms with E-state index in [0.717, 1.165) is 4.31 Å². The molecular weight excluding hydrogens is 370 g/mol. The fourth-order valence-electron chi connectivity index (χ4n) is 3.64. The molecule has 3 atom stereocenters. The maximum Gasteiger partial charge on any atom is 0.262 e. The van der Waals surface area contributed by atoms with Crippen LogP contribution in [-0.2, 0) is 24.7 Å². The SMILES string of the molecule is N[C@@H]1CS(=O)(=O)[C@H]2CN(S(=O)(=O)c3ccc4c(c3)NC(=O)CO4)C[C@@H]12. The molecule has 0 bridgehead atoms. The number of ether oxygens (including phenoxy) is 1. The predicted molar refractivity (Wildman–Crippen MR) is 88.4 cm³/mol. The van der Waals surface area contributed by atoms with Gasteiger partial charge in [0.25, 0.3) is 5.91 Å². The molecule has 3 aliphatic heterocycles. The molecule has 11 heteroatoms. The van der Waals surface area contributed by atoms with Crippen LogP contribution in [0.3, 0.4) is 0 Å². The Morgan fingerprint density at radius 2 is 2.04 bits per heavy atom. The summed E-state index contributed by atoms with van der Waals surface area (Å²) in [7, 11) is -7.28. The van der Waals surface area contributed by atoms with Gasteiger partial charge in [0, 0.05) is 25.0 Å². The number of nitrogens with two attached hydrogens (primary N) is 1. The molecule has 3 N–H and O–H groups in total. The van der Waals surface area contributed by atoms with Gasteiger partial charge in [0.2, 0.25) is 10.0 Å². The lowest BCUT2D eigenvalue weighted by Gasteiger charge is -2.21. The molecule has 25 heavy (non-hydrogen) atoms. The molecule has 1 amide bonds. The highest BCUT2D eigenvalue weighted by molar-refractivity contribution is 7.92. The summed E-state index contributed by atoms with van der Waals surface area (Å²) in [5.74, 6) is -0.463. The molecule has 0 aliphatic carbocycles. The lowest BCUT2D eigenvalue weighted by atomic mass is 10.0. The van der Waals surface area contributed by atoms with Crippen molar-refractivity contribution in [2.45, 2.75) is 16.2 Å². The smallest absolute Gasteiger partial charge is 0.262 e. The highest BCUT2D eigenvalue weighted by atomic mass is 32.2. The first-order chi connectivity index (χ1) is 11.7. The van der Waals surface area contributed by atoms with E-state index < -0.39 is 31.2 Å². The van der Waals surface area contributed by atoms with E-state index in [9.17, 15) is 21.6 Å². The first-order valence-corrected chi connectivity index (χ1v) is 10.9. The van der Waals surface area contributed by atoms with Crippen LogP contribution < -0.4 is 15.8 Å². The molecule has 0 aromatic heterocycles. The van der Waals surface area contributed by atoms with Crippen LogP contribution in [0.1, 0.15) is 0 Å². The second-order valence-corrected chi connectivity index (χ2v) is 10.7.